The largest absolute Gasteiger partial charge is 0.342 e. The van der Waals surface area contributed by atoms with Crippen molar-refractivity contribution in [3.8, 4) is 0 Å². The van der Waals surface area contributed by atoms with Crippen molar-refractivity contribution < 1.29 is 9.59 Å². The number of nitrogens with zero attached hydrogens (tertiary/aromatic N) is 2. The smallest absolute Gasteiger partial charge is 0.228 e. The van der Waals surface area contributed by atoms with Crippen molar-refractivity contribution in [3.05, 3.63) is 29.3 Å². The van der Waals surface area contributed by atoms with Crippen LogP contribution in [0.5, 0.6) is 0 Å². The molecule has 3 fully saturated rings. The van der Waals surface area contributed by atoms with Crippen LogP contribution in [0.25, 0.3) is 0 Å². The number of carbonyl (C=O) groups is 2. The highest BCUT2D eigenvalue weighted by atomic mass is 35.5. The molecule has 2 saturated heterocycles. The average Bonchev–Trinajstić information content (AvgIpc) is 3.24. The summed E-state index contributed by atoms with van der Waals surface area (Å²) in [5.41, 5.74) is 6.85. The van der Waals surface area contributed by atoms with Gasteiger partial charge in [0.05, 0.1) is 16.6 Å². The highest BCUT2D eigenvalue weighted by Gasteiger charge is 2.45. The number of halogens is 1. The van der Waals surface area contributed by atoms with Gasteiger partial charge in [-0.25, -0.2) is 0 Å². The van der Waals surface area contributed by atoms with E-state index in [0.29, 0.717) is 29.1 Å². The second-order valence-electron chi connectivity index (χ2n) is 7.27. The van der Waals surface area contributed by atoms with Gasteiger partial charge in [-0.2, -0.15) is 0 Å². The molecule has 5 nitrogen and oxygen atoms in total. The summed E-state index contributed by atoms with van der Waals surface area (Å²) >= 11 is 6.20. The predicted molar refractivity (Wildman–Crippen MR) is 92.7 cm³/mol. The number of fused-ring (bicyclic) bond motifs is 1. The molecule has 6 heteroatoms. The van der Waals surface area contributed by atoms with Gasteiger partial charge in [0, 0.05) is 32.1 Å². The monoisotopic (exact) mass is 347 g/mol. The van der Waals surface area contributed by atoms with Crippen molar-refractivity contribution in [1.29, 1.82) is 0 Å². The van der Waals surface area contributed by atoms with Crippen molar-refractivity contribution in [1.82, 2.24) is 4.90 Å². The van der Waals surface area contributed by atoms with E-state index in [4.69, 9.17) is 17.3 Å². The average molecular weight is 348 g/mol. The number of hydrogen-bond donors (Lipinski definition) is 1. The van der Waals surface area contributed by atoms with Crippen LogP contribution in [0.3, 0.4) is 0 Å². The zero-order chi connectivity index (χ0) is 16.8. The van der Waals surface area contributed by atoms with Crippen molar-refractivity contribution in [3.63, 3.8) is 0 Å². The molecule has 0 bridgehead atoms. The minimum absolute atomic E-state index is 0.0301. The van der Waals surface area contributed by atoms with E-state index >= 15 is 0 Å². The quantitative estimate of drug-likeness (QED) is 0.888. The Kier molecular flexibility index (Phi) is 4.01. The van der Waals surface area contributed by atoms with E-state index in [1.54, 1.807) is 11.0 Å². The molecule has 2 heterocycles. The molecule has 0 spiro atoms. The van der Waals surface area contributed by atoms with Gasteiger partial charge in [-0.1, -0.05) is 23.7 Å². The van der Waals surface area contributed by atoms with E-state index in [1.165, 1.54) is 0 Å². The number of likely N-dealkylation sites (tertiary alicyclic amines) is 1. The topological polar surface area (TPSA) is 66.6 Å². The first kappa shape index (κ1) is 15.9. The zero-order valence-corrected chi connectivity index (χ0v) is 14.3. The maximum Gasteiger partial charge on any atom is 0.228 e. The molecule has 1 saturated carbocycles. The minimum atomic E-state index is -0.274. The third-order valence-electron chi connectivity index (χ3n) is 5.84. The first-order chi connectivity index (χ1) is 11.5. The Morgan fingerprint density at radius 2 is 1.96 bits per heavy atom. The molecule has 2 amide bonds. The van der Waals surface area contributed by atoms with Crippen LogP contribution in [-0.4, -0.2) is 42.4 Å². The van der Waals surface area contributed by atoms with Crippen LogP contribution in [0.2, 0.25) is 5.02 Å². The molecule has 3 aliphatic rings. The summed E-state index contributed by atoms with van der Waals surface area (Å²) in [7, 11) is 0. The Hall–Kier alpha value is -1.59. The van der Waals surface area contributed by atoms with Crippen molar-refractivity contribution >= 4 is 29.1 Å². The molecule has 1 aromatic rings. The van der Waals surface area contributed by atoms with Gasteiger partial charge < -0.3 is 15.5 Å². The van der Waals surface area contributed by atoms with Crippen LogP contribution in [-0.2, 0) is 9.59 Å². The maximum atomic E-state index is 12.9. The molecule has 0 radical (unpaired) electrons. The van der Waals surface area contributed by atoms with E-state index in [9.17, 15) is 9.59 Å². The van der Waals surface area contributed by atoms with Gasteiger partial charge in [0.15, 0.2) is 0 Å². The fourth-order valence-corrected chi connectivity index (χ4v) is 4.76. The predicted octanol–water partition coefficient (Wildman–Crippen LogP) is 1.89. The van der Waals surface area contributed by atoms with E-state index < -0.39 is 0 Å². The Labute approximate surface area is 146 Å². The summed E-state index contributed by atoms with van der Waals surface area (Å²) in [5, 5.41) is 0.542. The number of benzene rings is 1. The summed E-state index contributed by atoms with van der Waals surface area (Å²) in [5.74, 6) is 0.771. The summed E-state index contributed by atoms with van der Waals surface area (Å²) < 4.78 is 0. The molecule has 24 heavy (non-hydrogen) atoms. The summed E-state index contributed by atoms with van der Waals surface area (Å²) in [6.07, 6.45) is 2.45. The number of anilines is 1. The van der Waals surface area contributed by atoms with Crippen molar-refractivity contribution in [2.24, 2.45) is 23.5 Å². The van der Waals surface area contributed by atoms with E-state index in [0.717, 1.165) is 25.9 Å². The molecule has 2 N–H and O–H groups in total. The lowest BCUT2D eigenvalue weighted by Crippen LogP contribution is -2.38. The molecule has 4 unspecified atom stereocenters. The Morgan fingerprint density at radius 1 is 1.17 bits per heavy atom. The van der Waals surface area contributed by atoms with E-state index in [2.05, 4.69) is 0 Å². The van der Waals surface area contributed by atoms with Gasteiger partial charge >= 0.3 is 0 Å². The number of carbonyl (C=O) groups excluding carboxylic acids is 2. The molecule has 4 rings (SSSR count). The molecule has 128 valence electrons. The number of para-hydroxylation sites is 1. The fourth-order valence-electron chi connectivity index (χ4n) is 4.52. The molecular formula is C18H22ClN3O2. The van der Waals surface area contributed by atoms with Crippen molar-refractivity contribution in [2.45, 2.75) is 25.3 Å². The van der Waals surface area contributed by atoms with Crippen molar-refractivity contribution in [2.75, 3.05) is 24.5 Å². The Balaban J connectivity index is 1.46. The summed E-state index contributed by atoms with van der Waals surface area (Å²) in [4.78, 5) is 28.8. The lowest BCUT2D eigenvalue weighted by molar-refractivity contribution is -0.135. The molecule has 1 aliphatic carbocycles. The number of hydrogen-bond acceptors (Lipinski definition) is 3. The third-order valence-corrected chi connectivity index (χ3v) is 6.16. The zero-order valence-electron chi connectivity index (χ0n) is 13.5. The van der Waals surface area contributed by atoms with Gasteiger partial charge in [0.1, 0.15) is 0 Å². The van der Waals surface area contributed by atoms with Crippen LogP contribution >= 0.6 is 11.6 Å². The fraction of sp³-hybridized carbons (Fsp3) is 0.556. The van der Waals surface area contributed by atoms with Crippen LogP contribution in [0.1, 0.15) is 19.3 Å². The maximum absolute atomic E-state index is 12.9. The Bertz CT molecular complexity index is 680. The number of amides is 2. The van der Waals surface area contributed by atoms with Crippen LogP contribution in [0.4, 0.5) is 5.69 Å². The summed E-state index contributed by atoms with van der Waals surface area (Å²) in [6, 6.07) is 7.50. The van der Waals surface area contributed by atoms with E-state index in [1.807, 2.05) is 23.1 Å². The second kappa shape index (κ2) is 6.05. The standard InChI is InChI=1S/C18H22ClN3O2/c19-14-3-1-2-4-16(14)22-9-12(7-17(22)23)18(24)21-8-11-5-6-15(20)13(11)10-21/h1-4,11-13,15H,5-10,20H2. The molecule has 1 aromatic carbocycles. The normalized spacial score (nSPS) is 32.5. The lowest BCUT2D eigenvalue weighted by Gasteiger charge is -2.22. The highest BCUT2D eigenvalue weighted by molar-refractivity contribution is 6.33. The van der Waals surface area contributed by atoms with Gasteiger partial charge in [-0.3, -0.25) is 9.59 Å². The second-order valence-corrected chi connectivity index (χ2v) is 7.67. The van der Waals surface area contributed by atoms with Gasteiger partial charge in [0.25, 0.3) is 0 Å². The number of nitrogens with two attached hydrogens (primary N) is 1. The van der Waals surface area contributed by atoms with Crippen LogP contribution in [0.15, 0.2) is 24.3 Å². The lowest BCUT2D eigenvalue weighted by atomic mass is 9.98. The van der Waals surface area contributed by atoms with E-state index in [-0.39, 0.29) is 30.2 Å². The third kappa shape index (κ3) is 2.60. The Morgan fingerprint density at radius 3 is 2.71 bits per heavy atom. The molecule has 4 atom stereocenters. The number of rotatable bonds is 2. The SMILES string of the molecule is NC1CCC2CN(C(=O)C3CC(=O)N(c4ccccc4Cl)C3)CC12. The minimum Gasteiger partial charge on any atom is -0.342 e. The van der Waals surface area contributed by atoms with Crippen LogP contribution in [0, 0.1) is 17.8 Å². The van der Waals surface area contributed by atoms with Gasteiger partial charge in [0.2, 0.25) is 11.8 Å². The molecular weight excluding hydrogens is 326 g/mol. The highest BCUT2D eigenvalue weighted by Crippen LogP contribution is 2.38. The first-order valence-corrected chi connectivity index (χ1v) is 9.01. The first-order valence-electron chi connectivity index (χ1n) is 8.64. The summed E-state index contributed by atoms with van der Waals surface area (Å²) in [6.45, 7) is 1.97. The molecule has 0 aromatic heterocycles. The molecule has 2 aliphatic heterocycles. The van der Waals surface area contributed by atoms with Gasteiger partial charge in [-0.15, -0.1) is 0 Å². The van der Waals surface area contributed by atoms with Gasteiger partial charge in [-0.05, 0) is 36.8 Å². The van der Waals surface area contributed by atoms with Crippen LogP contribution < -0.4 is 10.6 Å².